The first kappa shape index (κ1) is 24.1. The van der Waals surface area contributed by atoms with E-state index in [1.54, 1.807) is 6.07 Å². The third-order valence-corrected chi connectivity index (χ3v) is 5.61. The molecule has 178 valence electrons. The van der Waals surface area contributed by atoms with Crippen molar-refractivity contribution in [1.82, 2.24) is 25.5 Å². The molecule has 9 nitrogen and oxygen atoms in total. The Labute approximate surface area is 205 Å². The number of aliphatic hydroxyl groups excluding tert-OH is 1. The molecule has 2 atom stereocenters. The molecule has 35 heavy (non-hydrogen) atoms. The van der Waals surface area contributed by atoms with Gasteiger partial charge in [-0.25, -0.2) is 4.79 Å². The molecule has 0 saturated heterocycles. The maximum Gasteiger partial charge on any atom is 0.332 e. The second-order valence-corrected chi connectivity index (χ2v) is 8.37. The molecule has 0 bridgehead atoms. The number of nitrogens with zero attached hydrogens (tertiary/aromatic N) is 3. The third-order valence-electron chi connectivity index (χ3n) is 5.37. The van der Waals surface area contributed by atoms with Crippen LogP contribution in [0.15, 0.2) is 73.2 Å². The van der Waals surface area contributed by atoms with E-state index in [0.29, 0.717) is 22.8 Å². The highest BCUT2D eigenvalue weighted by molar-refractivity contribution is 6.30. The topological polar surface area (TPSA) is 141 Å². The fraction of sp³-hybridized carbons (Fsp3) is 0.160. The predicted octanol–water partition coefficient (Wildman–Crippen LogP) is 3.36. The average Bonchev–Trinajstić information content (AvgIpc) is 3.35. The lowest BCUT2D eigenvalue weighted by molar-refractivity contribution is -0.147. The summed E-state index contributed by atoms with van der Waals surface area (Å²) in [5.74, 6) is -1.84. The Balaban J connectivity index is 1.48. The highest BCUT2D eigenvalue weighted by Crippen LogP contribution is 2.23. The standard InChI is InChI=1S/C25H22ClN5O4/c26-18-3-1-2-17(11-18)16-6-4-15(5-7-16)10-19(12-23(32)25(34)35)29-24(33)21-13-20(30-31-21)22-14-27-8-9-28-22/h1-9,11,13-14,19,23,32H,10,12H2,(H,29,33)(H,30,31)(H,34,35)/t19-,23-/m1/s1. The Morgan fingerprint density at radius 3 is 2.51 bits per heavy atom. The first-order chi connectivity index (χ1) is 16.9. The van der Waals surface area contributed by atoms with Gasteiger partial charge < -0.3 is 15.5 Å². The SMILES string of the molecule is O=C(N[C@H](Cc1ccc(-c2cccc(Cl)c2)cc1)C[C@@H](O)C(=O)O)c1cc(-c2cnccn2)n[nH]1. The maximum absolute atomic E-state index is 12.9. The summed E-state index contributed by atoms with van der Waals surface area (Å²) in [6.45, 7) is 0. The van der Waals surface area contributed by atoms with Gasteiger partial charge in [0.2, 0.25) is 0 Å². The molecule has 10 heteroatoms. The van der Waals surface area contributed by atoms with Crippen LogP contribution in [-0.4, -0.2) is 54.4 Å². The molecule has 4 rings (SSSR count). The van der Waals surface area contributed by atoms with Crippen molar-refractivity contribution in [2.24, 2.45) is 0 Å². The predicted molar refractivity (Wildman–Crippen MR) is 130 cm³/mol. The largest absolute Gasteiger partial charge is 0.479 e. The number of carboxylic acids is 1. The van der Waals surface area contributed by atoms with Crippen LogP contribution in [0, 0.1) is 0 Å². The molecule has 4 aromatic rings. The minimum absolute atomic E-state index is 0.164. The number of aliphatic hydroxyl groups is 1. The average molecular weight is 492 g/mol. The van der Waals surface area contributed by atoms with Crippen molar-refractivity contribution >= 4 is 23.5 Å². The Morgan fingerprint density at radius 2 is 1.83 bits per heavy atom. The smallest absolute Gasteiger partial charge is 0.332 e. The molecular weight excluding hydrogens is 470 g/mol. The van der Waals surface area contributed by atoms with Crippen LogP contribution in [0.5, 0.6) is 0 Å². The quantitative estimate of drug-likeness (QED) is 0.281. The number of aromatic amines is 1. The van der Waals surface area contributed by atoms with E-state index >= 15 is 0 Å². The lowest BCUT2D eigenvalue weighted by Crippen LogP contribution is -2.40. The number of aromatic nitrogens is 4. The van der Waals surface area contributed by atoms with Crippen LogP contribution in [0.25, 0.3) is 22.5 Å². The Morgan fingerprint density at radius 1 is 1.03 bits per heavy atom. The molecule has 0 fully saturated rings. The van der Waals surface area contributed by atoms with E-state index in [2.05, 4.69) is 25.5 Å². The number of H-pyrrole nitrogens is 1. The summed E-state index contributed by atoms with van der Waals surface area (Å²) >= 11 is 6.08. The van der Waals surface area contributed by atoms with E-state index in [-0.39, 0.29) is 12.1 Å². The van der Waals surface area contributed by atoms with Gasteiger partial charge in [-0.1, -0.05) is 48.0 Å². The molecule has 4 N–H and O–H groups in total. The molecule has 0 unspecified atom stereocenters. The number of hydrogen-bond acceptors (Lipinski definition) is 6. The van der Waals surface area contributed by atoms with E-state index < -0.39 is 24.0 Å². The van der Waals surface area contributed by atoms with Crippen LogP contribution in [0.4, 0.5) is 0 Å². The summed E-state index contributed by atoms with van der Waals surface area (Å²) in [6, 6.07) is 16.0. The van der Waals surface area contributed by atoms with Gasteiger partial charge in [0.15, 0.2) is 6.10 Å². The molecule has 0 aliphatic carbocycles. The van der Waals surface area contributed by atoms with E-state index in [0.717, 1.165) is 16.7 Å². The Bertz CT molecular complexity index is 1310. The number of carbonyl (C=O) groups is 2. The fourth-order valence-electron chi connectivity index (χ4n) is 3.61. The highest BCUT2D eigenvalue weighted by Gasteiger charge is 2.23. The first-order valence-corrected chi connectivity index (χ1v) is 11.2. The van der Waals surface area contributed by atoms with Crippen molar-refractivity contribution < 1.29 is 19.8 Å². The van der Waals surface area contributed by atoms with Crippen LogP contribution in [0.2, 0.25) is 5.02 Å². The summed E-state index contributed by atoms with van der Waals surface area (Å²) < 4.78 is 0. The first-order valence-electron chi connectivity index (χ1n) is 10.8. The van der Waals surface area contributed by atoms with Gasteiger partial charge in [0.1, 0.15) is 17.1 Å². The minimum Gasteiger partial charge on any atom is -0.479 e. The van der Waals surface area contributed by atoms with Crippen molar-refractivity contribution in [2.45, 2.75) is 25.0 Å². The normalized spacial score (nSPS) is 12.6. The van der Waals surface area contributed by atoms with Crippen LogP contribution in [-0.2, 0) is 11.2 Å². The lowest BCUT2D eigenvalue weighted by Gasteiger charge is -2.20. The van der Waals surface area contributed by atoms with Gasteiger partial charge in [-0.2, -0.15) is 5.10 Å². The molecule has 0 radical (unpaired) electrons. The van der Waals surface area contributed by atoms with Crippen molar-refractivity contribution in [1.29, 1.82) is 0 Å². The molecule has 2 heterocycles. The Hall–Kier alpha value is -4.08. The number of halogens is 1. The van der Waals surface area contributed by atoms with E-state index in [1.165, 1.54) is 24.7 Å². The van der Waals surface area contributed by atoms with Gasteiger partial charge >= 0.3 is 5.97 Å². The van der Waals surface area contributed by atoms with Crippen LogP contribution in [0.1, 0.15) is 22.5 Å². The van der Waals surface area contributed by atoms with Crippen molar-refractivity contribution in [2.75, 3.05) is 0 Å². The summed E-state index contributed by atoms with van der Waals surface area (Å²) in [5, 5.41) is 29.3. The second-order valence-electron chi connectivity index (χ2n) is 7.93. The van der Waals surface area contributed by atoms with Gasteiger partial charge in [-0.15, -0.1) is 0 Å². The molecule has 0 spiro atoms. The summed E-state index contributed by atoms with van der Waals surface area (Å²) in [7, 11) is 0. The fourth-order valence-corrected chi connectivity index (χ4v) is 3.80. The van der Waals surface area contributed by atoms with E-state index in [1.807, 2.05) is 42.5 Å². The van der Waals surface area contributed by atoms with E-state index in [9.17, 15) is 14.7 Å². The van der Waals surface area contributed by atoms with Gasteiger partial charge in [0.25, 0.3) is 5.91 Å². The van der Waals surface area contributed by atoms with Crippen LogP contribution < -0.4 is 5.32 Å². The zero-order valence-corrected chi connectivity index (χ0v) is 19.2. The zero-order chi connectivity index (χ0) is 24.8. The molecule has 1 amide bonds. The molecule has 0 saturated carbocycles. The number of aliphatic carboxylic acids is 1. The highest BCUT2D eigenvalue weighted by atomic mass is 35.5. The maximum atomic E-state index is 12.9. The monoisotopic (exact) mass is 491 g/mol. The Kier molecular flexibility index (Phi) is 7.49. The summed E-state index contributed by atoms with van der Waals surface area (Å²) in [6.07, 6.45) is 3.10. The number of carboxylic acid groups (broad SMARTS) is 1. The van der Waals surface area contributed by atoms with Crippen molar-refractivity contribution in [3.8, 4) is 22.5 Å². The van der Waals surface area contributed by atoms with Crippen molar-refractivity contribution in [3.05, 3.63) is 89.5 Å². The number of benzene rings is 2. The van der Waals surface area contributed by atoms with Crippen molar-refractivity contribution in [3.63, 3.8) is 0 Å². The number of hydrogen-bond donors (Lipinski definition) is 4. The molecule has 2 aromatic carbocycles. The number of nitrogens with one attached hydrogen (secondary N) is 2. The summed E-state index contributed by atoms with van der Waals surface area (Å²) in [4.78, 5) is 32.2. The summed E-state index contributed by atoms with van der Waals surface area (Å²) in [5.41, 5.74) is 3.92. The van der Waals surface area contributed by atoms with Gasteiger partial charge in [-0.05, 0) is 41.3 Å². The number of rotatable bonds is 9. The minimum atomic E-state index is -1.62. The van der Waals surface area contributed by atoms with E-state index in [4.69, 9.17) is 16.7 Å². The van der Waals surface area contributed by atoms with Gasteiger partial charge in [0, 0.05) is 29.9 Å². The lowest BCUT2D eigenvalue weighted by atomic mass is 9.97. The third kappa shape index (κ3) is 6.28. The zero-order valence-electron chi connectivity index (χ0n) is 18.4. The molecule has 2 aromatic heterocycles. The van der Waals surface area contributed by atoms with Crippen LogP contribution in [0.3, 0.4) is 0 Å². The second kappa shape index (κ2) is 10.9. The van der Waals surface area contributed by atoms with Crippen LogP contribution >= 0.6 is 11.6 Å². The van der Waals surface area contributed by atoms with Gasteiger partial charge in [0.05, 0.1) is 6.20 Å². The van der Waals surface area contributed by atoms with Gasteiger partial charge in [-0.3, -0.25) is 19.9 Å². The number of carbonyl (C=O) groups excluding carboxylic acids is 1. The molecule has 0 aliphatic rings. The number of amides is 1. The molecule has 0 aliphatic heterocycles. The molecular formula is C25H22ClN5O4.